The van der Waals surface area contributed by atoms with Gasteiger partial charge in [-0.1, -0.05) is 11.3 Å². The fraction of sp³-hybridized carbons (Fsp3) is 0.300. The molecule has 0 saturated heterocycles. The summed E-state index contributed by atoms with van der Waals surface area (Å²) in [5.41, 5.74) is 0.0342. The number of nitro groups is 1. The number of aromatic nitrogens is 2. The summed E-state index contributed by atoms with van der Waals surface area (Å²) in [6.45, 7) is 2.22. The lowest BCUT2D eigenvalue weighted by atomic mass is 10.5. The lowest BCUT2D eigenvalue weighted by molar-refractivity contribution is -0.383. The standard InChI is InChI=1S/C10H13N5O4S2/c1-3-11-10-8(15(16)17)4-9(20-10)21(18,19)13-7-5-12-14(2)6-7/h4-6,11,13H,3H2,1-2H3. The molecule has 0 radical (unpaired) electrons. The Morgan fingerprint density at radius 2 is 2.24 bits per heavy atom. The van der Waals surface area contributed by atoms with Gasteiger partial charge in [-0.2, -0.15) is 5.10 Å². The molecule has 0 amide bonds. The molecule has 114 valence electrons. The van der Waals surface area contributed by atoms with Crippen LogP contribution < -0.4 is 10.0 Å². The van der Waals surface area contributed by atoms with E-state index in [4.69, 9.17) is 0 Å². The van der Waals surface area contributed by atoms with Crippen LogP contribution >= 0.6 is 11.3 Å². The van der Waals surface area contributed by atoms with Crippen molar-refractivity contribution in [2.45, 2.75) is 11.1 Å². The predicted octanol–water partition coefficient (Wildman–Crippen LogP) is 1.62. The molecular formula is C10H13N5O4S2. The first kappa shape index (κ1) is 15.3. The Bertz CT molecular complexity index is 764. The lowest BCUT2D eigenvalue weighted by Crippen LogP contribution is -2.10. The quantitative estimate of drug-likeness (QED) is 0.613. The van der Waals surface area contributed by atoms with Gasteiger partial charge in [0.05, 0.1) is 16.8 Å². The van der Waals surface area contributed by atoms with Gasteiger partial charge < -0.3 is 5.32 Å². The first-order valence-electron chi connectivity index (χ1n) is 5.87. The van der Waals surface area contributed by atoms with E-state index in [1.165, 1.54) is 17.1 Å². The Morgan fingerprint density at radius 1 is 1.52 bits per heavy atom. The minimum Gasteiger partial charge on any atom is -0.372 e. The summed E-state index contributed by atoms with van der Waals surface area (Å²) in [5, 5.41) is 17.8. The molecular weight excluding hydrogens is 318 g/mol. The molecule has 21 heavy (non-hydrogen) atoms. The normalized spacial score (nSPS) is 11.3. The number of nitrogens with one attached hydrogen (secondary N) is 2. The minimum absolute atomic E-state index is 0.131. The highest BCUT2D eigenvalue weighted by Gasteiger charge is 2.26. The maximum atomic E-state index is 12.2. The van der Waals surface area contributed by atoms with E-state index in [9.17, 15) is 18.5 Å². The largest absolute Gasteiger partial charge is 0.372 e. The molecule has 0 atom stereocenters. The molecule has 2 aromatic heterocycles. The smallest absolute Gasteiger partial charge is 0.304 e. The highest BCUT2D eigenvalue weighted by atomic mass is 32.2. The third-order valence-electron chi connectivity index (χ3n) is 2.45. The number of hydrogen-bond acceptors (Lipinski definition) is 7. The Hall–Kier alpha value is -2.14. The van der Waals surface area contributed by atoms with Gasteiger partial charge in [-0.05, 0) is 6.92 Å². The zero-order chi connectivity index (χ0) is 15.6. The topological polar surface area (TPSA) is 119 Å². The molecule has 2 heterocycles. The van der Waals surface area contributed by atoms with Gasteiger partial charge in [-0.3, -0.25) is 19.5 Å². The lowest BCUT2D eigenvalue weighted by Gasteiger charge is -2.02. The van der Waals surface area contributed by atoms with Crippen molar-refractivity contribution < 1.29 is 13.3 Å². The fourth-order valence-corrected chi connectivity index (χ4v) is 4.02. The third-order valence-corrected chi connectivity index (χ3v) is 5.38. The molecule has 0 aliphatic carbocycles. The number of thiophene rings is 1. The van der Waals surface area contributed by atoms with E-state index in [1.807, 2.05) is 0 Å². The highest BCUT2D eigenvalue weighted by Crippen LogP contribution is 2.37. The summed E-state index contributed by atoms with van der Waals surface area (Å²) in [7, 11) is -2.23. The summed E-state index contributed by atoms with van der Waals surface area (Å²) in [5.74, 6) is 0. The third kappa shape index (κ3) is 3.31. The number of rotatable bonds is 6. The molecule has 0 fully saturated rings. The molecule has 2 N–H and O–H groups in total. The number of aryl methyl sites for hydroxylation is 1. The zero-order valence-electron chi connectivity index (χ0n) is 11.2. The summed E-state index contributed by atoms with van der Waals surface area (Å²) >= 11 is 0.815. The van der Waals surface area contributed by atoms with Gasteiger partial charge in [-0.25, -0.2) is 8.42 Å². The van der Waals surface area contributed by atoms with Gasteiger partial charge in [-0.15, -0.1) is 0 Å². The van der Waals surface area contributed by atoms with Crippen molar-refractivity contribution in [1.82, 2.24) is 9.78 Å². The Balaban J connectivity index is 2.35. The molecule has 0 unspecified atom stereocenters. The van der Waals surface area contributed by atoms with E-state index >= 15 is 0 Å². The van der Waals surface area contributed by atoms with Gasteiger partial charge in [0.15, 0.2) is 5.00 Å². The highest BCUT2D eigenvalue weighted by molar-refractivity contribution is 7.94. The summed E-state index contributed by atoms with van der Waals surface area (Å²) in [6, 6.07) is 1.04. The molecule has 0 aromatic carbocycles. The van der Waals surface area contributed by atoms with E-state index in [2.05, 4.69) is 15.1 Å². The number of sulfonamides is 1. The van der Waals surface area contributed by atoms with Crippen LogP contribution in [0.15, 0.2) is 22.7 Å². The van der Waals surface area contributed by atoms with E-state index < -0.39 is 14.9 Å². The average molecular weight is 331 g/mol. The predicted molar refractivity (Wildman–Crippen MR) is 79.2 cm³/mol. The molecule has 2 aromatic rings. The van der Waals surface area contributed by atoms with Crippen molar-refractivity contribution in [2.24, 2.45) is 7.05 Å². The van der Waals surface area contributed by atoms with Crippen molar-refractivity contribution in [3.63, 3.8) is 0 Å². The van der Waals surface area contributed by atoms with Gasteiger partial charge in [0, 0.05) is 25.9 Å². The van der Waals surface area contributed by atoms with Crippen molar-refractivity contribution in [3.8, 4) is 0 Å². The second-order valence-corrected chi connectivity index (χ2v) is 7.04. The molecule has 0 saturated carbocycles. The second kappa shape index (κ2) is 5.69. The molecule has 11 heteroatoms. The number of hydrogen-bond donors (Lipinski definition) is 2. The van der Waals surface area contributed by atoms with Gasteiger partial charge in [0.25, 0.3) is 10.0 Å². The summed E-state index contributed by atoms with van der Waals surface area (Å²) < 4.78 is 28.1. The molecule has 0 spiro atoms. The van der Waals surface area contributed by atoms with Crippen LogP contribution in [-0.4, -0.2) is 29.7 Å². The van der Waals surface area contributed by atoms with E-state index in [0.717, 1.165) is 17.4 Å². The average Bonchev–Trinajstić information content (AvgIpc) is 2.96. The number of anilines is 2. The van der Waals surface area contributed by atoms with Crippen LogP contribution in [0.5, 0.6) is 0 Å². The second-order valence-electron chi connectivity index (χ2n) is 4.08. The monoisotopic (exact) mass is 331 g/mol. The van der Waals surface area contributed by atoms with E-state index in [-0.39, 0.29) is 14.9 Å². The van der Waals surface area contributed by atoms with Gasteiger partial charge in [0.1, 0.15) is 4.21 Å². The van der Waals surface area contributed by atoms with Crippen LogP contribution in [-0.2, 0) is 17.1 Å². The van der Waals surface area contributed by atoms with Crippen LogP contribution in [0.2, 0.25) is 0 Å². The van der Waals surface area contributed by atoms with Gasteiger partial charge in [0.2, 0.25) is 0 Å². The first-order chi connectivity index (χ1) is 9.83. The SMILES string of the molecule is CCNc1sc(S(=O)(=O)Nc2cnn(C)c2)cc1[N+](=O)[O-]. The maximum absolute atomic E-state index is 12.2. The van der Waals surface area contributed by atoms with E-state index in [0.29, 0.717) is 12.2 Å². The molecule has 0 bridgehead atoms. The fourth-order valence-electron chi connectivity index (χ4n) is 1.59. The van der Waals surface area contributed by atoms with E-state index in [1.54, 1.807) is 14.0 Å². The van der Waals surface area contributed by atoms with Crippen LogP contribution in [0, 0.1) is 10.1 Å². The first-order valence-corrected chi connectivity index (χ1v) is 8.17. The van der Waals surface area contributed by atoms with Crippen LogP contribution in [0.25, 0.3) is 0 Å². The molecule has 0 aliphatic heterocycles. The van der Waals surface area contributed by atoms with Crippen molar-refractivity contribution in [1.29, 1.82) is 0 Å². The van der Waals surface area contributed by atoms with Crippen molar-refractivity contribution in [2.75, 3.05) is 16.6 Å². The Morgan fingerprint density at radius 3 is 2.76 bits per heavy atom. The van der Waals surface area contributed by atoms with Crippen molar-refractivity contribution >= 4 is 37.7 Å². The summed E-state index contributed by atoms with van der Waals surface area (Å²) in [6.07, 6.45) is 2.84. The van der Waals surface area contributed by atoms with Crippen LogP contribution in [0.3, 0.4) is 0 Å². The number of nitrogens with zero attached hydrogens (tertiary/aromatic N) is 3. The van der Waals surface area contributed by atoms with Crippen LogP contribution in [0.4, 0.5) is 16.4 Å². The molecule has 9 nitrogen and oxygen atoms in total. The summed E-state index contributed by atoms with van der Waals surface area (Å²) in [4.78, 5) is 10.3. The minimum atomic E-state index is -3.88. The van der Waals surface area contributed by atoms with Crippen molar-refractivity contribution in [3.05, 3.63) is 28.6 Å². The zero-order valence-corrected chi connectivity index (χ0v) is 12.9. The Labute approximate surface area is 124 Å². The molecule has 2 rings (SSSR count). The van der Waals surface area contributed by atoms with Gasteiger partial charge >= 0.3 is 5.69 Å². The maximum Gasteiger partial charge on any atom is 0.304 e. The van der Waals surface area contributed by atoms with Crippen LogP contribution in [0.1, 0.15) is 6.92 Å². The molecule has 0 aliphatic rings. The Kier molecular flexibility index (Phi) is 4.14.